The summed E-state index contributed by atoms with van der Waals surface area (Å²) in [7, 11) is 5.87. The Hall–Kier alpha value is -2.85. The molecule has 4 heteroatoms. The van der Waals surface area contributed by atoms with Crippen molar-refractivity contribution in [1.82, 2.24) is 4.90 Å². The van der Waals surface area contributed by atoms with Crippen molar-refractivity contribution < 1.29 is 14.3 Å². The van der Waals surface area contributed by atoms with E-state index in [0.717, 1.165) is 35.1 Å². The number of nitrogens with zero attached hydrogens (tertiary/aromatic N) is 1. The lowest BCUT2D eigenvalue weighted by Gasteiger charge is -2.26. The Bertz CT molecular complexity index is 1060. The first-order valence-corrected chi connectivity index (χ1v) is 11.4. The lowest BCUT2D eigenvalue weighted by atomic mass is 9.85. The fourth-order valence-corrected chi connectivity index (χ4v) is 4.46. The molecule has 3 atom stereocenters. The average Bonchev–Trinajstić information content (AvgIpc) is 2.78. The molecule has 3 unspecified atom stereocenters. The number of hydrogen-bond acceptors (Lipinski definition) is 4. The molecule has 0 N–H and O–H groups in total. The van der Waals surface area contributed by atoms with E-state index in [1.807, 2.05) is 61.5 Å². The van der Waals surface area contributed by atoms with Gasteiger partial charge in [-0.3, -0.25) is 4.79 Å². The van der Waals surface area contributed by atoms with E-state index >= 15 is 0 Å². The highest BCUT2D eigenvalue weighted by Gasteiger charge is 2.21. The van der Waals surface area contributed by atoms with Crippen LogP contribution in [0.15, 0.2) is 60.7 Å². The summed E-state index contributed by atoms with van der Waals surface area (Å²) < 4.78 is 11.1. The van der Waals surface area contributed by atoms with E-state index < -0.39 is 0 Å². The van der Waals surface area contributed by atoms with Gasteiger partial charge in [-0.25, -0.2) is 0 Å². The molecule has 0 spiro atoms. The number of esters is 1. The van der Waals surface area contributed by atoms with Gasteiger partial charge >= 0.3 is 5.97 Å². The van der Waals surface area contributed by atoms with E-state index in [1.54, 1.807) is 7.11 Å². The summed E-state index contributed by atoms with van der Waals surface area (Å²) in [6.45, 7) is 7.41. The summed E-state index contributed by atoms with van der Waals surface area (Å²) in [6.07, 6.45) is 1.05. The van der Waals surface area contributed by atoms with Gasteiger partial charge < -0.3 is 14.4 Å². The number of carbonyl (C=O) groups excluding carboxylic acids is 1. The van der Waals surface area contributed by atoms with Crippen molar-refractivity contribution >= 4 is 16.7 Å². The zero-order valence-corrected chi connectivity index (χ0v) is 20.1. The molecule has 3 aromatic rings. The summed E-state index contributed by atoms with van der Waals surface area (Å²) in [5.74, 6) is 1.76. The first-order valence-electron chi connectivity index (χ1n) is 11.4. The summed E-state index contributed by atoms with van der Waals surface area (Å²) in [5.41, 5.74) is 2.16. The minimum atomic E-state index is -0.361. The van der Waals surface area contributed by atoms with Crippen molar-refractivity contribution in [3.8, 4) is 11.5 Å². The highest BCUT2D eigenvalue weighted by molar-refractivity contribution is 5.87. The van der Waals surface area contributed by atoms with E-state index in [2.05, 4.69) is 38.9 Å². The number of fused-ring (bicyclic) bond motifs is 1. The standard InChI is InChI=1S/C28H35NO3/c1-7-27(19(2)18-29(4)5)24-9-8-10-26(17-24)32-28(30)20(3)21-11-12-23-16-25(31-6)14-13-22(23)15-21/h8-17,19-20,27H,7,18H2,1-6H3. The zero-order valence-electron chi connectivity index (χ0n) is 20.1. The quantitative estimate of drug-likeness (QED) is 0.295. The van der Waals surface area contributed by atoms with Crippen LogP contribution in [0.4, 0.5) is 0 Å². The van der Waals surface area contributed by atoms with Crippen LogP contribution in [-0.2, 0) is 4.79 Å². The lowest BCUT2D eigenvalue weighted by molar-refractivity contribution is -0.135. The Labute approximate surface area is 192 Å². The first kappa shape index (κ1) is 23.8. The number of hydrogen-bond donors (Lipinski definition) is 0. The maximum atomic E-state index is 12.9. The minimum Gasteiger partial charge on any atom is -0.497 e. The third-order valence-electron chi connectivity index (χ3n) is 6.21. The second-order valence-corrected chi connectivity index (χ2v) is 8.94. The number of ether oxygens (including phenoxy) is 2. The molecule has 0 aliphatic heterocycles. The molecule has 0 aliphatic rings. The molecular weight excluding hydrogens is 398 g/mol. The second-order valence-electron chi connectivity index (χ2n) is 8.94. The number of benzene rings is 3. The van der Waals surface area contributed by atoms with E-state index in [0.29, 0.717) is 17.6 Å². The predicted molar refractivity (Wildman–Crippen MR) is 132 cm³/mol. The fourth-order valence-electron chi connectivity index (χ4n) is 4.46. The van der Waals surface area contributed by atoms with Crippen LogP contribution in [0, 0.1) is 5.92 Å². The smallest absolute Gasteiger partial charge is 0.318 e. The molecule has 0 saturated carbocycles. The Kier molecular flexibility index (Phi) is 7.92. The van der Waals surface area contributed by atoms with Gasteiger partial charge in [0.1, 0.15) is 11.5 Å². The second kappa shape index (κ2) is 10.6. The van der Waals surface area contributed by atoms with Crippen LogP contribution in [0.25, 0.3) is 10.8 Å². The van der Waals surface area contributed by atoms with E-state index in [1.165, 1.54) is 5.56 Å². The maximum absolute atomic E-state index is 12.9. The van der Waals surface area contributed by atoms with Gasteiger partial charge in [-0.15, -0.1) is 0 Å². The Morgan fingerprint density at radius 3 is 2.31 bits per heavy atom. The van der Waals surface area contributed by atoms with Gasteiger partial charge in [0, 0.05) is 6.54 Å². The summed E-state index contributed by atoms with van der Waals surface area (Å²) >= 11 is 0. The number of carbonyl (C=O) groups is 1. The minimum absolute atomic E-state index is 0.246. The molecule has 0 saturated heterocycles. The Balaban J connectivity index is 1.75. The molecule has 32 heavy (non-hydrogen) atoms. The van der Waals surface area contributed by atoms with Crippen molar-refractivity contribution in [3.05, 3.63) is 71.8 Å². The SMILES string of the molecule is CCC(c1cccc(OC(=O)C(C)c2ccc3cc(OC)ccc3c2)c1)C(C)CN(C)C. The van der Waals surface area contributed by atoms with Crippen molar-refractivity contribution in [2.75, 3.05) is 27.7 Å². The van der Waals surface area contributed by atoms with Gasteiger partial charge in [-0.2, -0.15) is 0 Å². The maximum Gasteiger partial charge on any atom is 0.318 e. The van der Waals surface area contributed by atoms with Gasteiger partial charge in [-0.05, 0) is 85.4 Å². The van der Waals surface area contributed by atoms with E-state index in [-0.39, 0.29) is 11.9 Å². The molecule has 0 amide bonds. The predicted octanol–water partition coefficient (Wildman–Crippen LogP) is 6.25. The Morgan fingerprint density at radius 1 is 0.906 bits per heavy atom. The van der Waals surface area contributed by atoms with Gasteiger partial charge in [-0.1, -0.05) is 50.2 Å². The summed E-state index contributed by atoms with van der Waals surface area (Å²) in [5, 5.41) is 2.16. The molecule has 0 bridgehead atoms. The average molecular weight is 434 g/mol. The summed E-state index contributed by atoms with van der Waals surface area (Å²) in [6, 6.07) is 20.0. The molecule has 3 aromatic carbocycles. The molecule has 0 aromatic heterocycles. The van der Waals surface area contributed by atoms with Crippen LogP contribution in [-0.4, -0.2) is 38.6 Å². The van der Waals surface area contributed by atoms with Gasteiger partial charge in [0.25, 0.3) is 0 Å². The number of rotatable bonds is 9. The van der Waals surface area contributed by atoms with E-state index in [4.69, 9.17) is 9.47 Å². The third-order valence-corrected chi connectivity index (χ3v) is 6.21. The highest BCUT2D eigenvalue weighted by atomic mass is 16.5. The highest BCUT2D eigenvalue weighted by Crippen LogP contribution is 2.31. The molecule has 3 rings (SSSR count). The van der Waals surface area contributed by atoms with Crippen LogP contribution in [0.2, 0.25) is 0 Å². The normalized spacial score (nSPS) is 14.2. The largest absolute Gasteiger partial charge is 0.497 e. The van der Waals surface area contributed by atoms with E-state index in [9.17, 15) is 4.79 Å². The van der Waals surface area contributed by atoms with Gasteiger partial charge in [0.2, 0.25) is 0 Å². The molecule has 0 fully saturated rings. The van der Waals surface area contributed by atoms with Crippen LogP contribution in [0.5, 0.6) is 11.5 Å². The van der Waals surface area contributed by atoms with Gasteiger partial charge in [0.15, 0.2) is 0 Å². The lowest BCUT2D eigenvalue weighted by Crippen LogP contribution is -2.24. The Morgan fingerprint density at radius 2 is 1.62 bits per heavy atom. The molecule has 0 aliphatic carbocycles. The molecule has 170 valence electrons. The summed E-state index contributed by atoms with van der Waals surface area (Å²) in [4.78, 5) is 15.2. The van der Waals surface area contributed by atoms with Crippen LogP contribution >= 0.6 is 0 Å². The zero-order chi connectivity index (χ0) is 23.3. The van der Waals surface area contributed by atoms with Crippen LogP contribution < -0.4 is 9.47 Å². The van der Waals surface area contributed by atoms with Crippen LogP contribution in [0.1, 0.15) is 50.2 Å². The first-order chi connectivity index (χ1) is 15.3. The molecule has 0 radical (unpaired) electrons. The fraction of sp³-hybridized carbons (Fsp3) is 0.393. The molecular formula is C28H35NO3. The van der Waals surface area contributed by atoms with Crippen LogP contribution in [0.3, 0.4) is 0 Å². The van der Waals surface area contributed by atoms with Crippen molar-refractivity contribution in [2.45, 2.75) is 39.0 Å². The molecule has 4 nitrogen and oxygen atoms in total. The van der Waals surface area contributed by atoms with Gasteiger partial charge in [0.05, 0.1) is 13.0 Å². The molecule has 0 heterocycles. The van der Waals surface area contributed by atoms with Crippen molar-refractivity contribution in [3.63, 3.8) is 0 Å². The monoisotopic (exact) mass is 433 g/mol. The topological polar surface area (TPSA) is 38.8 Å². The van der Waals surface area contributed by atoms with Crippen molar-refractivity contribution in [2.24, 2.45) is 5.92 Å². The third kappa shape index (κ3) is 5.68. The number of methoxy groups -OCH3 is 1. The van der Waals surface area contributed by atoms with Crippen molar-refractivity contribution in [1.29, 1.82) is 0 Å².